The van der Waals surface area contributed by atoms with E-state index < -0.39 is 0 Å². The second-order valence-corrected chi connectivity index (χ2v) is 5.93. The first-order valence-electron chi connectivity index (χ1n) is 7.61. The SMILES string of the molecule is C[C@@H]1CCC[C@H](N)c2cc(ccn2)-c2cnn(C)c2NC1=O. The topological polar surface area (TPSA) is 85.8 Å². The van der Waals surface area contributed by atoms with Crippen molar-refractivity contribution in [2.75, 3.05) is 5.32 Å². The summed E-state index contributed by atoms with van der Waals surface area (Å²) in [4.78, 5) is 16.7. The smallest absolute Gasteiger partial charge is 0.228 e. The molecule has 0 spiro atoms. The summed E-state index contributed by atoms with van der Waals surface area (Å²) in [6.07, 6.45) is 6.06. The first kappa shape index (κ1) is 14.7. The van der Waals surface area contributed by atoms with Gasteiger partial charge >= 0.3 is 0 Å². The van der Waals surface area contributed by atoms with Gasteiger partial charge in [0.25, 0.3) is 0 Å². The lowest BCUT2D eigenvalue weighted by Gasteiger charge is -2.17. The Morgan fingerprint density at radius 1 is 1.41 bits per heavy atom. The van der Waals surface area contributed by atoms with Crippen LogP contribution in [-0.4, -0.2) is 20.7 Å². The van der Waals surface area contributed by atoms with Crippen LogP contribution in [0.3, 0.4) is 0 Å². The van der Waals surface area contributed by atoms with Crippen LogP contribution < -0.4 is 11.1 Å². The van der Waals surface area contributed by atoms with Gasteiger partial charge in [-0.3, -0.25) is 14.5 Å². The number of aromatic nitrogens is 3. The lowest BCUT2D eigenvalue weighted by molar-refractivity contribution is -0.119. The Morgan fingerprint density at radius 2 is 2.23 bits per heavy atom. The zero-order chi connectivity index (χ0) is 15.7. The van der Waals surface area contributed by atoms with E-state index in [-0.39, 0.29) is 17.9 Å². The highest BCUT2D eigenvalue weighted by Crippen LogP contribution is 2.30. The van der Waals surface area contributed by atoms with E-state index >= 15 is 0 Å². The highest BCUT2D eigenvalue weighted by molar-refractivity contribution is 5.95. The molecule has 1 amide bonds. The molecule has 0 aromatic carbocycles. The summed E-state index contributed by atoms with van der Waals surface area (Å²) < 4.78 is 1.69. The van der Waals surface area contributed by atoms with E-state index in [1.165, 1.54) is 0 Å². The van der Waals surface area contributed by atoms with Gasteiger partial charge in [0.05, 0.1) is 11.9 Å². The summed E-state index contributed by atoms with van der Waals surface area (Å²) in [6.45, 7) is 1.94. The fourth-order valence-corrected chi connectivity index (χ4v) is 2.78. The summed E-state index contributed by atoms with van der Waals surface area (Å²) in [5.74, 6) is 0.678. The van der Waals surface area contributed by atoms with Gasteiger partial charge in [0.1, 0.15) is 5.82 Å². The number of anilines is 1. The fraction of sp³-hybridized carbons (Fsp3) is 0.438. The van der Waals surface area contributed by atoms with E-state index in [2.05, 4.69) is 15.4 Å². The first-order chi connectivity index (χ1) is 10.6. The van der Waals surface area contributed by atoms with E-state index in [0.29, 0.717) is 5.82 Å². The third-order valence-corrected chi connectivity index (χ3v) is 4.25. The monoisotopic (exact) mass is 299 g/mol. The molecule has 22 heavy (non-hydrogen) atoms. The van der Waals surface area contributed by atoms with Crippen LogP contribution in [0.15, 0.2) is 24.5 Å². The maximum Gasteiger partial charge on any atom is 0.228 e. The van der Waals surface area contributed by atoms with Gasteiger partial charge in [0.15, 0.2) is 0 Å². The lowest BCUT2D eigenvalue weighted by Crippen LogP contribution is -2.23. The molecule has 2 aromatic heterocycles. The largest absolute Gasteiger partial charge is 0.323 e. The highest BCUT2D eigenvalue weighted by atomic mass is 16.2. The average Bonchev–Trinajstić information content (AvgIpc) is 2.87. The second kappa shape index (κ2) is 5.88. The fourth-order valence-electron chi connectivity index (χ4n) is 2.78. The summed E-state index contributed by atoms with van der Waals surface area (Å²) in [5, 5.41) is 7.28. The van der Waals surface area contributed by atoms with Gasteiger partial charge in [-0.25, -0.2) is 0 Å². The molecule has 3 rings (SSSR count). The number of pyridine rings is 1. The number of carbonyl (C=O) groups is 1. The third-order valence-electron chi connectivity index (χ3n) is 4.25. The number of nitrogens with one attached hydrogen (secondary N) is 1. The predicted octanol–water partition coefficient (Wildman–Crippen LogP) is 2.24. The molecule has 3 heterocycles. The van der Waals surface area contributed by atoms with Crippen LogP contribution in [0.2, 0.25) is 0 Å². The molecule has 0 fully saturated rings. The second-order valence-electron chi connectivity index (χ2n) is 5.93. The number of nitrogens with two attached hydrogens (primary N) is 1. The molecule has 0 saturated carbocycles. The van der Waals surface area contributed by atoms with Crippen LogP contribution in [-0.2, 0) is 11.8 Å². The zero-order valence-corrected chi connectivity index (χ0v) is 12.9. The number of carbonyl (C=O) groups excluding carboxylic acids is 1. The molecule has 1 aliphatic rings. The van der Waals surface area contributed by atoms with E-state index in [0.717, 1.165) is 36.1 Å². The third kappa shape index (κ3) is 2.74. The maximum absolute atomic E-state index is 12.4. The summed E-state index contributed by atoms with van der Waals surface area (Å²) in [7, 11) is 1.82. The molecule has 0 radical (unpaired) electrons. The minimum absolute atomic E-state index is 0.0216. The van der Waals surface area contributed by atoms with E-state index in [1.54, 1.807) is 17.1 Å². The Kier molecular flexibility index (Phi) is 3.94. The molecule has 0 saturated heterocycles. The van der Waals surface area contributed by atoms with Gasteiger partial charge in [-0.1, -0.05) is 13.3 Å². The van der Waals surface area contributed by atoms with Crippen molar-refractivity contribution in [3.05, 3.63) is 30.2 Å². The zero-order valence-electron chi connectivity index (χ0n) is 12.9. The van der Waals surface area contributed by atoms with Crippen molar-refractivity contribution >= 4 is 11.7 Å². The molecule has 0 aliphatic carbocycles. The highest BCUT2D eigenvalue weighted by Gasteiger charge is 2.20. The lowest BCUT2D eigenvalue weighted by atomic mass is 9.97. The van der Waals surface area contributed by atoms with Crippen molar-refractivity contribution in [2.45, 2.75) is 32.2 Å². The van der Waals surface area contributed by atoms with Crippen molar-refractivity contribution in [1.29, 1.82) is 0 Å². The Bertz CT molecular complexity index is 694. The molecular formula is C16H21N5O. The molecule has 2 atom stereocenters. The van der Waals surface area contributed by atoms with Crippen LogP contribution in [0.1, 0.15) is 37.9 Å². The number of hydrogen-bond acceptors (Lipinski definition) is 4. The maximum atomic E-state index is 12.4. The molecule has 0 unspecified atom stereocenters. The number of nitrogens with zero attached hydrogens (tertiary/aromatic N) is 3. The quantitative estimate of drug-likeness (QED) is 0.781. The molecule has 6 nitrogen and oxygen atoms in total. The van der Waals surface area contributed by atoms with Crippen molar-refractivity contribution < 1.29 is 4.79 Å². The van der Waals surface area contributed by atoms with Crippen LogP contribution in [0, 0.1) is 5.92 Å². The van der Waals surface area contributed by atoms with E-state index in [1.807, 2.05) is 26.1 Å². The minimum Gasteiger partial charge on any atom is -0.323 e. The van der Waals surface area contributed by atoms with Gasteiger partial charge in [0.2, 0.25) is 5.91 Å². The number of amides is 1. The Morgan fingerprint density at radius 3 is 3.05 bits per heavy atom. The van der Waals surface area contributed by atoms with Crippen LogP contribution >= 0.6 is 0 Å². The van der Waals surface area contributed by atoms with Gasteiger partial charge in [0, 0.05) is 30.8 Å². The first-order valence-corrected chi connectivity index (χ1v) is 7.61. The van der Waals surface area contributed by atoms with E-state index in [4.69, 9.17) is 5.73 Å². The minimum atomic E-state index is -0.102. The molecule has 2 bridgehead atoms. The van der Waals surface area contributed by atoms with Gasteiger partial charge in [-0.2, -0.15) is 5.10 Å². The Labute approximate surface area is 129 Å². The van der Waals surface area contributed by atoms with Gasteiger partial charge < -0.3 is 11.1 Å². The number of aryl methyl sites for hydroxylation is 1. The molecule has 6 heteroatoms. The van der Waals surface area contributed by atoms with Crippen molar-refractivity contribution in [2.24, 2.45) is 18.7 Å². The van der Waals surface area contributed by atoms with Crippen molar-refractivity contribution in [3.63, 3.8) is 0 Å². The Hall–Kier alpha value is -2.21. The standard InChI is InChI=1S/C16H21N5O/c1-10-4-3-5-13(17)14-8-11(6-7-18-14)12-9-19-21(2)15(12)20-16(10)22/h6-10,13H,3-5,17H2,1-2H3,(H,20,22)/t10-,13+/m1/s1. The van der Waals surface area contributed by atoms with Crippen molar-refractivity contribution in [3.8, 4) is 11.1 Å². The van der Waals surface area contributed by atoms with Gasteiger partial charge in [-0.05, 0) is 30.5 Å². The summed E-state index contributed by atoms with van der Waals surface area (Å²) in [5.41, 5.74) is 8.98. The van der Waals surface area contributed by atoms with Crippen molar-refractivity contribution in [1.82, 2.24) is 14.8 Å². The van der Waals surface area contributed by atoms with Crippen LogP contribution in [0.4, 0.5) is 5.82 Å². The van der Waals surface area contributed by atoms with Crippen LogP contribution in [0.5, 0.6) is 0 Å². The number of hydrogen-bond donors (Lipinski definition) is 2. The molecule has 1 aliphatic heterocycles. The summed E-state index contributed by atoms with van der Waals surface area (Å²) in [6, 6.07) is 3.80. The predicted molar refractivity (Wildman–Crippen MR) is 85.0 cm³/mol. The normalized spacial score (nSPS) is 22.2. The molecule has 116 valence electrons. The van der Waals surface area contributed by atoms with E-state index in [9.17, 15) is 4.79 Å². The van der Waals surface area contributed by atoms with Gasteiger partial charge in [-0.15, -0.1) is 0 Å². The molecular weight excluding hydrogens is 278 g/mol. The molecule has 2 aromatic rings. The molecule has 3 N–H and O–H groups in total. The number of fused-ring (bicyclic) bond motifs is 4. The number of rotatable bonds is 0. The van der Waals surface area contributed by atoms with Crippen LogP contribution in [0.25, 0.3) is 11.1 Å². The average molecular weight is 299 g/mol. The Balaban J connectivity index is 2.10. The summed E-state index contributed by atoms with van der Waals surface area (Å²) >= 11 is 0.